The summed E-state index contributed by atoms with van der Waals surface area (Å²) in [6.45, 7) is 1.05. The van der Waals surface area contributed by atoms with Gasteiger partial charge in [0, 0.05) is 42.1 Å². The number of hydrogen-bond acceptors (Lipinski definition) is 7. The molecule has 0 aliphatic rings. The lowest BCUT2D eigenvalue weighted by Crippen LogP contribution is -2.14. The van der Waals surface area contributed by atoms with Crippen molar-refractivity contribution in [3.05, 3.63) is 99.2 Å². The van der Waals surface area contributed by atoms with Gasteiger partial charge in [-0.05, 0) is 48.9 Å². The fourth-order valence-corrected chi connectivity index (χ4v) is 3.66. The van der Waals surface area contributed by atoms with Crippen molar-refractivity contribution in [2.45, 2.75) is 32.4 Å². The van der Waals surface area contributed by atoms with Gasteiger partial charge in [0.15, 0.2) is 6.61 Å². The molecule has 0 bridgehead atoms. The molecule has 36 heavy (non-hydrogen) atoms. The predicted molar refractivity (Wildman–Crippen MR) is 133 cm³/mol. The van der Waals surface area contributed by atoms with Crippen LogP contribution in [-0.4, -0.2) is 22.2 Å². The van der Waals surface area contributed by atoms with Gasteiger partial charge in [-0.3, -0.25) is 20.2 Å². The highest BCUT2D eigenvalue weighted by atomic mass is 16.6. The fourth-order valence-electron chi connectivity index (χ4n) is 3.66. The van der Waals surface area contributed by atoms with Crippen LogP contribution in [0.3, 0.4) is 0 Å². The maximum absolute atomic E-state index is 12.3. The molecule has 1 amide bonds. The number of hydrogen-bond donors (Lipinski definition) is 1. The molecule has 0 atom stereocenters. The first kappa shape index (κ1) is 24.5. The van der Waals surface area contributed by atoms with E-state index in [0.717, 1.165) is 25.8 Å². The number of benzene rings is 2. The van der Waals surface area contributed by atoms with E-state index in [-0.39, 0.29) is 29.2 Å². The topological polar surface area (TPSA) is 126 Å². The molecule has 186 valence electrons. The quantitative estimate of drug-likeness (QED) is 0.167. The summed E-state index contributed by atoms with van der Waals surface area (Å²) in [7, 11) is 0. The van der Waals surface area contributed by atoms with Crippen molar-refractivity contribution in [3.63, 3.8) is 0 Å². The van der Waals surface area contributed by atoms with Crippen LogP contribution in [0.2, 0.25) is 0 Å². The van der Waals surface area contributed by atoms with E-state index < -0.39 is 11.0 Å². The van der Waals surface area contributed by atoms with E-state index in [1.54, 1.807) is 0 Å². The van der Waals surface area contributed by atoms with Crippen molar-refractivity contribution in [1.29, 1.82) is 0 Å². The minimum absolute atomic E-state index is 0.0938. The molecule has 0 aliphatic carbocycles. The molecule has 4 aromatic rings. The molecule has 2 heterocycles. The Balaban J connectivity index is 1.15. The lowest BCUT2D eigenvalue weighted by molar-refractivity contribution is -0.384. The first-order valence-electron chi connectivity index (χ1n) is 11.5. The largest absolute Gasteiger partial charge is 0.487 e. The number of amides is 1. The molecule has 0 saturated heterocycles. The maximum atomic E-state index is 12.3. The summed E-state index contributed by atoms with van der Waals surface area (Å²) in [6.07, 6.45) is 5.26. The predicted octanol–water partition coefficient (Wildman–Crippen LogP) is 5.50. The zero-order valence-electron chi connectivity index (χ0n) is 19.4. The first-order valence-corrected chi connectivity index (χ1v) is 11.5. The molecule has 10 heteroatoms. The molecule has 0 saturated carbocycles. The van der Waals surface area contributed by atoms with Gasteiger partial charge in [0.25, 0.3) is 5.69 Å². The summed E-state index contributed by atoms with van der Waals surface area (Å²) >= 11 is 0. The van der Waals surface area contributed by atoms with Gasteiger partial charge in [0.05, 0.1) is 11.5 Å². The van der Waals surface area contributed by atoms with E-state index >= 15 is 0 Å². The minimum atomic E-state index is -0.792. The van der Waals surface area contributed by atoms with Crippen LogP contribution in [0, 0.1) is 10.1 Å². The molecule has 1 N–H and O–H groups in total. The van der Waals surface area contributed by atoms with Crippen LogP contribution in [0.1, 0.15) is 25.0 Å². The Hall–Kier alpha value is -4.60. The molecule has 4 rings (SSSR count). The van der Waals surface area contributed by atoms with Gasteiger partial charge in [-0.25, -0.2) is 4.79 Å². The van der Waals surface area contributed by atoms with E-state index in [2.05, 4.69) is 34.3 Å². The van der Waals surface area contributed by atoms with E-state index in [1.807, 2.05) is 12.1 Å². The van der Waals surface area contributed by atoms with Crippen LogP contribution in [0.25, 0.3) is 10.9 Å². The van der Waals surface area contributed by atoms with Crippen LogP contribution in [0.4, 0.5) is 16.2 Å². The summed E-state index contributed by atoms with van der Waals surface area (Å²) in [5.41, 5.74) is 1.09. The third-order valence-electron chi connectivity index (χ3n) is 5.50. The van der Waals surface area contributed by atoms with Gasteiger partial charge in [-0.1, -0.05) is 18.2 Å². The minimum Gasteiger partial charge on any atom is -0.487 e. The number of unbranched alkanes of at least 4 members (excludes halogenated alkanes) is 2. The van der Waals surface area contributed by atoms with Crippen LogP contribution in [-0.2, 0) is 17.9 Å². The third kappa shape index (κ3) is 6.50. The number of nitrogens with zero attached hydrogens (tertiary/aromatic N) is 2. The number of anilines is 1. The Morgan fingerprint density at radius 3 is 2.64 bits per heavy atom. The average molecular weight is 492 g/mol. The molecule has 2 aromatic carbocycles. The van der Waals surface area contributed by atoms with Gasteiger partial charge >= 0.3 is 6.09 Å². The number of rotatable bonds is 11. The lowest BCUT2D eigenvalue weighted by Gasteiger charge is -2.08. The number of non-ortho nitro benzene ring substituents is 1. The molecular formula is C26H25N3O7. The SMILES string of the molecule is O=C(Nc1ccc([N+](=O)[O-])cc1)OCc1cc(=O)c(OCCCCCn2ccc3ccccc32)co1. The van der Waals surface area contributed by atoms with Crippen LogP contribution in [0.15, 0.2) is 82.3 Å². The summed E-state index contributed by atoms with van der Waals surface area (Å²) in [4.78, 5) is 34.3. The highest BCUT2D eigenvalue weighted by molar-refractivity contribution is 5.84. The number of nitro benzene ring substituents is 1. The van der Waals surface area contributed by atoms with E-state index in [9.17, 15) is 19.7 Å². The summed E-state index contributed by atoms with van der Waals surface area (Å²) in [5.74, 6) is 0.260. The zero-order valence-corrected chi connectivity index (χ0v) is 19.4. The summed E-state index contributed by atoms with van der Waals surface area (Å²) < 4.78 is 18.2. The van der Waals surface area contributed by atoms with Gasteiger partial charge in [0.2, 0.25) is 11.2 Å². The van der Waals surface area contributed by atoms with E-state index in [4.69, 9.17) is 13.9 Å². The number of nitro groups is 1. The van der Waals surface area contributed by atoms with Crippen molar-refractivity contribution in [2.24, 2.45) is 0 Å². The number of aromatic nitrogens is 1. The molecular weight excluding hydrogens is 466 g/mol. The second-order valence-electron chi connectivity index (χ2n) is 8.06. The smallest absolute Gasteiger partial charge is 0.412 e. The number of fused-ring (bicyclic) bond motifs is 1. The number of carbonyl (C=O) groups is 1. The van der Waals surface area contributed by atoms with Crippen LogP contribution < -0.4 is 15.5 Å². The van der Waals surface area contributed by atoms with Gasteiger partial charge in [-0.15, -0.1) is 0 Å². The Kier molecular flexibility index (Phi) is 7.97. The lowest BCUT2D eigenvalue weighted by atomic mass is 10.2. The van der Waals surface area contributed by atoms with Gasteiger partial charge < -0.3 is 18.5 Å². The number of carbonyl (C=O) groups excluding carboxylic acids is 1. The van der Waals surface area contributed by atoms with Crippen molar-refractivity contribution < 1.29 is 23.6 Å². The zero-order chi connectivity index (χ0) is 25.3. The highest BCUT2D eigenvalue weighted by Gasteiger charge is 2.10. The van der Waals surface area contributed by atoms with E-state index in [1.165, 1.54) is 47.5 Å². The van der Waals surface area contributed by atoms with Crippen molar-refractivity contribution >= 4 is 28.4 Å². The average Bonchev–Trinajstić information content (AvgIpc) is 3.29. The van der Waals surface area contributed by atoms with Crippen molar-refractivity contribution in [1.82, 2.24) is 4.57 Å². The molecule has 2 aromatic heterocycles. The Morgan fingerprint density at radius 1 is 1.06 bits per heavy atom. The fraction of sp³-hybridized carbons (Fsp3) is 0.231. The van der Waals surface area contributed by atoms with Crippen molar-refractivity contribution in [2.75, 3.05) is 11.9 Å². The number of aryl methyl sites for hydroxylation is 1. The summed E-state index contributed by atoms with van der Waals surface area (Å²) in [5, 5.41) is 14.3. The number of para-hydroxylation sites is 1. The first-order chi connectivity index (χ1) is 17.5. The Labute approximate surface area is 206 Å². The molecule has 0 fully saturated rings. The molecule has 0 unspecified atom stereocenters. The van der Waals surface area contributed by atoms with Crippen molar-refractivity contribution in [3.8, 4) is 5.75 Å². The van der Waals surface area contributed by atoms with Gasteiger partial charge in [-0.2, -0.15) is 0 Å². The second kappa shape index (κ2) is 11.7. The second-order valence-corrected chi connectivity index (χ2v) is 8.06. The molecule has 10 nitrogen and oxygen atoms in total. The monoisotopic (exact) mass is 491 g/mol. The standard InChI is InChI=1S/C26H25N3O7/c30-24-16-22(17-36-26(31)27-20-8-10-21(11-9-20)29(32)33)35-18-25(24)34-15-5-1-4-13-28-14-12-19-6-2-3-7-23(19)28/h2-3,6-12,14,16,18H,1,4-5,13,15,17H2,(H,27,31). The Morgan fingerprint density at radius 2 is 1.86 bits per heavy atom. The van der Waals surface area contributed by atoms with E-state index in [0.29, 0.717) is 12.3 Å². The van der Waals surface area contributed by atoms with Gasteiger partial charge in [0.1, 0.15) is 12.0 Å². The third-order valence-corrected chi connectivity index (χ3v) is 5.50. The number of nitrogens with one attached hydrogen (secondary N) is 1. The molecule has 0 radical (unpaired) electrons. The van der Waals surface area contributed by atoms with Crippen LogP contribution in [0.5, 0.6) is 5.75 Å². The maximum Gasteiger partial charge on any atom is 0.412 e. The molecule has 0 aliphatic heterocycles. The normalized spacial score (nSPS) is 10.8. The number of ether oxygens (including phenoxy) is 2. The summed E-state index contributed by atoms with van der Waals surface area (Å²) in [6, 6.07) is 16.9. The van der Waals surface area contributed by atoms with Crippen LogP contribution >= 0.6 is 0 Å². The highest BCUT2D eigenvalue weighted by Crippen LogP contribution is 2.17. The Bertz CT molecular complexity index is 1390. The molecule has 0 spiro atoms.